The number of carbonyl (C=O) groups is 2. The third-order valence-electron chi connectivity index (χ3n) is 16.8. The van der Waals surface area contributed by atoms with E-state index in [0.717, 1.165) is 136 Å². The first-order chi connectivity index (χ1) is 33.8. The van der Waals surface area contributed by atoms with Crippen LogP contribution >= 0.6 is 23.2 Å². The minimum atomic E-state index is -0.927. The number of anilines is 2. The summed E-state index contributed by atoms with van der Waals surface area (Å²) in [6.45, 7) is 11.8. The van der Waals surface area contributed by atoms with Crippen molar-refractivity contribution < 1.29 is 39.5 Å². The van der Waals surface area contributed by atoms with Gasteiger partial charge in [0.25, 0.3) is 0 Å². The van der Waals surface area contributed by atoms with Crippen LogP contribution in [0.1, 0.15) is 120 Å². The van der Waals surface area contributed by atoms with Crippen LogP contribution in [0.4, 0.5) is 11.4 Å². The molecule has 10 nitrogen and oxygen atoms in total. The van der Waals surface area contributed by atoms with Gasteiger partial charge < -0.3 is 39.7 Å². The van der Waals surface area contributed by atoms with Crippen molar-refractivity contribution in [3.63, 3.8) is 0 Å². The molecule has 2 heterocycles. The van der Waals surface area contributed by atoms with Crippen LogP contribution in [0.2, 0.25) is 10.0 Å². The van der Waals surface area contributed by atoms with Crippen LogP contribution in [0.15, 0.2) is 98.1 Å². The van der Waals surface area contributed by atoms with Gasteiger partial charge in [0.05, 0.1) is 47.9 Å². The molecular formula is C58H68Cl2N2O8. The lowest BCUT2D eigenvalue weighted by atomic mass is 9.68. The molecule has 8 atom stereocenters. The van der Waals surface area contributed by atoms with E-state index < -0.39 is 24.1 Å². The van der Waals surface area contributed by atoms with E-state index in [1.165, 1.54) is 35.1 Å². The topological polar surface area (TPSA) is 140 Å². The highest BCUT2D eigenvalue weighted by Gasteiger charge is 2.45. The number of aliphatic hydroxyl groups excluding tert-OH is 2. The molecular weight excluding hydrogens is 924 g/mol. The van der Waals surface area contributed by atoms with Crippen LogP contribution in [-0.4, -0.2) is 84.0 Å². The van der Waals surface area contributed by atoms with E-state index in [4.69, 9.17) is 32.7 Å². The first-order valence-electron chi connectivity index (χ1n) is 25.5. The zero-order valence-corrected chi connectivity index (χ0v) is 41.7. The zero-order valence-electron chi connectivity index (χ0n) is 40.2. The molecule has 4 N–H and O–H groups in total. The monoisotopic (exact) mass is 990 g/mol. The van der Waals surface area contributed by atoms with Gasteiger partial charge in [0.2, 0.25) is 0 Å². The SMILES string of the molecule is C=C[C@@H](O)CC[C@@H]1CC[C@H]1CN1C[C@@]2(CCCc3cc(Cl)ccc32)COc2ccc(C(=O)O)cc21.C=C[C@H](O)CC[C@@H]1CC[C@H]1CN1C[C@@]2(CCCc3cc(Cl)ccc32)COc2ccc(C(=O)O)cc21. The Morgan fingerprint density at radius 2 is 1.04 bits per heavy atom. The van der Waals surface area contributed by atoms with Gasteiger partial charge in [0, 0.05) is 47.1 Å². The zero-order chi connectivity index (χ0) is 49.2. The van der Waals surface area contributed by atoms with Gasteiger partial charge in [0.15, 0.2) is 0 Å². The van der Waals surface area contributed by atoms with E-state index in [0.29, 0.717) is 36.9 Å². The first kappa shape index (κ1) is 50.0. The van der Waals surface area contributed by atoms with Gasteiger partial charge in [-0.25, -0.2) is 9.59 Å². The molecule has 4 aliphatic carbocycles. The number of carboxylic acid groups (broad SMARTS) is 2. The van der Waals surface area contributed by atoms with Gasteiger partial charge >= 0.3 is 11.9 Å². The smallest absolute Gasteiger partial charge is 0.335 e. The third kappa shape index (κ3) is 10.6. The molecule has 70 heavy (non-hydrogen) atoms. The first-order valence-corrected chi connectivity index (χ1v) is 26.2. The maximum atomic E-state index is 11.8. The number of fused-ring (bicyclic) bond motifs is 6. The molecule has 10 rings (SSSR count). The number of benzene rings is 4. The van der Waals surface area contributed by atoms with E-state index in [2.05, 4.69) is 47.2 Å². The number of halogens is 2. The van der Waals surface area contributed by atoms with Crippen LogP contribution in [0.25, 0.3) is 0 Å². The fourth-order valence-corrected chi connectivity index (χ4v) is 13.0. The van der Waals surface area contributed by atoms with Crippen molar-refractivity contribution in [3.05, 3.63) is 142 Å². The number of aliphatic hydroxyl groups is 2. The van der Waals surface area contributed by atoms with Crippen molar-refractivity contribution in [3.8, 4) is 11.5 Å². The molecule has 0 amide bonds. The predicted molar refractivity (Wildman–Crippen MR) is 278 cm³/mol. The summed E-state index contributed by atoms with van der Waals surface area (Å²) in [6, 6.07) is 22.9. The standard InChI is InChI=1S/2C29H34ClNO4/c2*1-2-24(32)10-7-19-5-6-22(19)16-31-17-29(13-3-4-20-14-23(30)9-11-25(20)29)18-35-27-12-8-21(28(33)34)15-26(27)31/h2*2,8-9,11-12,14-15,19,22,24,32H,1,3-7,10,13,16-18H2,(H,33,34)/t19-,22-,24+,29-;19-,22-,24-,29-/m00/s1. The molecule has 2 aliphatic heterocycles. The van der Waals surface area contributed by atoms with E-state index >= 15 is 0 Å². The van der Waals surface area contributed by atoms with Gasteiger partial charge in [-0.2, -0.15) is 0 Å². The summed E-state index contributed by atoms with van der Waals surface area (Å²) in [4.78, 5) is 28.3. The van der Waals surface area contributed by atoms with E-state index in [9.17, 15) is 30.0 Å². The molecule has 2 fully saturated rings. The van der Waals surface area contributed by atoms with Crippen LogP contribution in [-0.2, 0) is 23.7 Å². The lowest BCUT2D eigenvalue weighted by Crippen LogP contribution is -2.48. The molecule has 0 bridgehead atoms. The summed E-state index contributed by atoms with van der Waals surface area (Å²) in [6.07, 6.45) is 16.7. The normalized spacial score (nSPS) is 26.1. The van der Waals surface area contributed by atoms with Crippen molar-refractivity contribution in [1.82, 2.24) is 0 Å². The second kappa shape index (κ2) is 21.4. The number of hydrogen-bond acceptors (Lipinski definition) is 8. The van der Waals surface area contributed by atoms with Crippen LogP contribution in [0.3, 0.4) is 0 Å². The molecule has 2 saturated carbocycles. The highest BCUT2D eigenvalue weighted by molar-refractivity contribution is 6.31. The Morgan fingerprint density at radius 1 is 0.629 bits per heavy atom. The number of aryl methyl sites for hydroxylation is 2. The van der Waals surface area contributed by atoms with Crippen molar-refractivity contribution in [2.75, 3.05) is 49.2 Å². The third-order valence-corrected chi connectivity index (χ3v) is 17.3. The molecule has 12 heteroatoms. The number of carboxylic acids is 2. The number of ether oxygens (including phenoxy) is 2. The Labute approximate surface area is 422 Å². The lowest BCUT2D eigenvalue weighted by Gasteiger charge is -2.44. The summed E-state index contributed by atoms with van der Waals surface area (Å²) < 4.78 is 12.9. The summed E-state index contributed by atoms with van der Waals surface area (Å²) >= 11 is 12.7. The number of rotatable bonds is 14. The van der Waals surface area contributed by atoms with E-state index in [-0.39, 0.29) is 22.0 Å². The maximum Gasteiger partial charge on any atom is 0.335 e. The average molecular weight is 992 g/mol. The number of hydrogen-bond donors (Lipinski definition) is 4. The van der Waals surface area contributed by atoms with Gasteiger partial charge in [-0.05, 0) is 196 Å². The Hall–Kier alpha value is -5.00. The molecule has 2 spiro atoms. The quantitative estimate of drug-likeness (QED) is 0.0903. The molecule has 4 aromatic rings. The Balaban J connectivity index is 0.000000174. The predicted octanol–water partition coefficient (Wildman–Crippen LogP) is 11.7. The molecule has 4 aromatic carbocycles. The van der Waals surface area contributed by atoms with Gasteiger partial charge in [0.1, 0.15) is 11.5 Å². The Bertz CT molecular complexity index is 2410. The Morgan fingerprint density at radius 3 is 1.41 bits per heavy atom. The fourth-order valence-electron chi connectivity index (χ4n) is 12.6. The van der Waals surface area contributed by atoms with Crippen LogP contribution in [0.5, 0.6) is 11.5 Å². The van der Waals surface area contributed by atoms with Crippen molar-refractivity contribution >= 4 is 46.5 Å². The van der Waals surface area contributed by atoms with Crippen LogP contribution < -0.4 is 19.3 Å². The maximum absolute atomic E-state index is 11.8. The highest BCUT2D eigenvalue weighted by atomic mass is 35.5. The van der Waals surface area contributed by atoms with Gasteiger partial charge in [-0.1, -0.05) is 47.5 Å². The molecule has 0 unspecified atom stereocenters. The van der Waals surface area contributed by atoms with E-state index in [1.54, 1.807) is 36.4 Å². The number of aromatic carboxylic acids is 2. The minimum Gasteiger partial charge on any atom is -0.490 e. The minimum absolute atomic E-state index is 0.168. The van der Waals surface area contributed by atoms with Crippen molar-refractivity contribution in [2.45, 2.75) is 113 Å². The molecule has 0 aromatic heterocycles. The summed E-state index contributed by atoms with van der Waals surface area (Å²) in [7, 11) is 0. The second-order valence-electron chi connectivity index (χ2n) is 21.1. The van der Waals surface area contributed by atoms with Crippen molar-refractivity contribution in [2.24, 2.45) is 23.7 Å². The Kier molecular flexibility index (Phi) is 15.3. The van der Waals surface area contributed by atoms with Gasteiger partial charge in [-0.3, -0.25) is 0 Å². The second-order valence-corrected chi connectivity index (χ2v) is 22.0. The summed E-state index contributed by atoms with van der Waals surface area (Å²) in [5.41, 5.74) is 7.18. The molecule has 372 valence electrons. The van der Waals surface area contributed by atoms with Crippen molar-refractivity contribution in [1.29, 1.82) is 0 Å². The number of nitrogens with zero attached hydrogens (tertiary/aromatic N) is 2. The summed E-state index contributed by atoms with van der Waals surface area (Å²) in [5.74, 6) is 1.81. The highest BCUT2D eigenvalue weighted by Crippen LogP contribution is 2.49. The molecule has 0 saturated heterocycles. The lowest BCUT2D eigenvalue weighted by molar-refractivity contribution is 0.0686. The summed E-state index contributed by atoms with van der Waals surface area (Å²) in [5, 5.41) is 40.8. The fraction of sp³-hybridized carbons (Fsp3) is 0.483. The van der Waals surface area contributed by atoms with Crippen LogP contribution in [0, 0.1) is 23.7 Å². The van der Waals surface area contributed by atoms with E-state index in [1.807, 2.05) is 24.3 Å². The molecule has 0 radical (unpaired) electrons. The average Bonchev–Trinajstić information content (AvgIpc) is 3.59. The van der Waals surface area contributed by atoms with Gasteiger partial charge in [-0.15, -0.1) is 13.2 Å². The largest absolute Gasteiger partial charge is 0.490 e. The molecule has 6 aliphatic rings.